The maximum absolute atomic E-state index is 12.9. The summed E-state index contributed by atoms with van der Waals surface area (Å²) in [7, 11) is 1.48. The van der Waals surface area contributed by atoms with Crippen molar-refractivity contribution >= 4 is 11.9 Å². The van der Waals surface area contributed by atoms with Gasteiger partial charge in [0.1, 0.15) is 5.75 Å². The Balaban J connectivity index is 1.87. The maximum Gasteiger partial charge on any atom is 0.416 e. The molecule has 0 aliphatic heterocycles. The summed E-state index contributed by atoms with van der Waals surface area (Å²) < 4.78 is 48.4. The van der Waals surface area contributed by atoms with Crippen molar-refractivity contribution in [3.8, 4) is 5.75 Å². The fourth-order valence-electron chi connectivity index (χ4n) is 2.14. The highest BCUT2D eigenvalue weighted by Crippen LogP contribution is 2.31. The Morgan fingerprint density at radius 2 is 1.69 bits per heavy atom. The van der Waals surface area contributed by atoms with E-state index >= 15 is 0 Å². The van der Waals surface area contributed by atoms with Crippen LogP contribution >= 0.6 is 0 Å². The van der Waals surface area contributed by atoms with E-state index in [0.717, 1.165) is 6.07 Å². The largest absolute Gasteiger partial charge is 0.497 e. The molecule has 2 aromatic carbocycles. The third-order valence-electron chi connectivity index (χ3n) is 3.46. The molecule has 0 aliphatic rings. The molecule has 0 heterocycles. The third-order valence-corrected chi connectivity index (χ3v) is 3.46. The number of carbonyl (C=O) groups is 2. The Morgan fingerprint density at radius 1 is 1.04 bits per heavy atom. The van der Waals surface area contributed by atoms with Gasteiger partial charge < -0.3 is 14.8 Å². The van der Waals surface area contributed by atoms with Crippen LogP contribution in [0.5, 0.6) is 5.75 Å². The lowest BCUT2D eigenvalue weighted by atomic mass is 10.1. The van der Waals surface area contributed by atoms with Crippen LogP contribution in [0.15, 0.2) is 48.5 Å². The van der Waals surface area contributed by atoms with Crippen LogP contribution in [0.3, 0.4) is 0 Å². The van der Waals surface area contributed by atoms with Crippen LogP contribution in [0.1, 0.15) is 21.5 Å². The zero-order valence-electron chi connectivity index (χ0n) is 13.8. The van der Waals surface area contributed by atoms with Crippen molar-refractivity contribution in [1.82, 2.24) is 5.32 Å². The molecule has 5 nitrogen and oxygen atoms in total. The molecule has 1 amide bonds. The molecule has 138 valence electrons. The van der Waals surface area contributed by atoms with Crippen molar-refractivity contribution < 1.29 is 32.2 Å². The average Bonchev–Trinajstić information content (AvgIpc) is 2.64. The first-order valence-electron chi connectivity index (χ1n) is 7.54. The van der Waals surface area contributed by atoms with E-state index < -0.39 is 30.2 Å². The summed E-state index contributed by atoms with van der Waals surface area (Å²) >= 11 is 0. The van der Waals surface area contributed by atoms with Crippen LogP contribution in [-0.4, -0.2) is 25.6 Å². The molecular formula is C18H16F3NO4. The van der Waals surface area contributed by atoms with Gasteiger partial charge in [-0.3, -0.25) is 4.79 Å². The fourth-order valence-corrected chi connectivity index (χ4v) is 2.14. The molecular weight excluding hydrogens is 351 g/mol. The number of ether oxygens (including phenoxy) is 2. The Bertz CT molecular complexity index is 773. The molecule has 0 fully saturated rings. The number of rotatable bonds is 6. The Kier molecular flexibility index (Phi) is 6.21. The Hall–Kier alpha value is -3.03. The predicted octanol–water partition coefficient (Wildman–Crippen LogP) is 3.19. The van der Waals surface area contributed by atoms with Gasteiger partial charge in [0.15, 0.2) is 6.61 Å². The van der Waals surface area contributed by atoms with Gasteiger partial charge in [-0.05, 0) is 35.9 Å². The molecule has 0 unspecified atom stereocenters. The molecule has 0 atom stereocenters. The lowest BCUT2D eigenvalue weighted by Gasteiger charge is -2.13. The molecule has 0 saturated carbocycles. The van der Waals surface area contributed by atoms with Crippen molar-refractivity contribution in [2.24, 2.45) is 0 Å². The summed E-state index contributed by atoms with van der Waals surface area (Å²) in [5.74, 6) is -0.870. The molecule has 0 saturated heterocycles. The van der Waals surface area contributed by atoms with Crippen LogP contribution in [0.2, 0.25) is 0 Å². The van der Waals surface area contributed by atoms with Gasteiger partial charge in [0.2, 0.25) is 0 Å². The van der Waals surface area contributed by atoms with Gasteiger partial charge in [-0.1, -0.05) is 18.2 Å². The van der Waals surface area contributed by atoms with E-state index in [1.807, 2.05) is 0 Å². The lowest BCUT2D eigenvalue weighted by Crippen LogP contribution is -2.29. The molecule has 2 aromatic rings. The minimum Gasteiger partial charge on any atom is -0.497 e. The predicted molar refractivity (Wildman–Crippen MR) is 86.6 cm³/mol. The van der Waals surface area contributed by atoms with E-state index in [9.17, 15) is 22.8 Å². The number of benzene rings is 2. The number of amides is 1. The number of halogens is 3. The van der Waals surface area contributed by atoms with Gasteiger partial charge in [0, 0.05) is 6.54 Å². The molecule has 0 bridgehead atoms. The van der Waals surface area contributed by atoms with Gasteiger partial charge >= 0.3 is 12.1 Å². The van der Waals surface area contributed by atoms with Gasteiger partial charge in [-0.25, -0.2) is 4.79 Å². The number of alkyl halides is 3. The van der Waals surface area contributed by atoms with Gasteiger partial charge in [0.05, 0.1) is 18.2 Å². The van der Waals surface area contributed by atoms with Crippen molar-refractivity contribution in [3.05, 3.63) is 65.2 Å². The van der Waals surface area contributed by atoms with E-state index in [1.54, 1.807) is 12.1 Å². The summed E-state index contributed by atoms with van der Waals surface area (Å²) in [6, 6.07) is 11.0. The zero-order chi connectivity index (χ0) is 19.2. The summed E-state index contributed by atoms with van der Waals surface area (Å²) in [5, 5.41) is 2.30. The van der Waals surface area contributed by atoms with Gasteiger partial charge in [0.25, 0.3) is 5.91 Å². The summed E-state index contributed by atoms with van der Waals surface area (Å²) in [6.07, 6.45) is -4.51. The lowest BCUT2D eigenvalue weighted by molar-refractivity contribution is -0.138. The molecule has 1 N–H and O–H groups in total. The van der Waals surface area contributed by atoms with E-state index in [4.69, 9.17) is 9.47 Å². The number of esters is 1. The molecule has 0 spiro atoms. The minimum absolute atomic E-state index is 0.0742. The van der Waals surface area contributed by atoms with E-state index in [2.05, 4.69) is 5.32 Å². The quantitative estimate of drug-likeness (QED) is 0.797. The van der Waals surface area contributed by atoms with Gasteiger partial charge in [-0.15, -0.1) is 0 Å². The van der Waals surface area contributed by atoms with Crippen molar-refractivity contribution in [2.75, 3.05) is 13.7 Å². The average molecular weight is 367 g/mol. The van der Waals surface area contributed by atoms with Crippen LogP contribution in [0.4, 0.5) is 13.2 Å². The second-order valence-corrected chi connectivity index (χ2v) is 5.24. The van der Waals surface area contributed by atoms with E-state index in [1.165, 1.54) is 37.4 Å². The smallest absolute Gasteiger partial charge is 0.416 e. The first-order valence-corrected chi connectivity index (χ1v) is 7.54. The molecule has 0 radical (unpaired) electrons. The normalized spacial score (nSPS) is 10.9. The number of hydrogen-bond donors (Lipinski definition) is 1. The molecule has 2 rings (SSSR count). The van der Waals surface area contributed by atoms with Crippen LogP contribution in [0.25, 0.3) is 0 Å². The first kappa shape index (κ1) is 19.3. The Labute approximate surface area is 147 Å². The van der Waals surface area contributed by atoms with Crippen LogP contribution < -0.4 is 10.1 Å². The standard InChI is InChI=1S/C18H16F3NO4/c1-25-14-8-6-12(7-9-14)17(24)26-11-16(23)22-10-13-4-2-3-5-15(13)18(19,20)21/h2-9H,10-11H2,1H3,(H,22,23). The molecule has 26 heavy (non-hydrogen) atoms. The highest BCUT2D eigenvalue weighted by molar-refractivity contribution is 5.91. The maximum atomic E-state index is 12.9. The minimum atomic E-state index is -4.51. The Morgan fingerprint density at radius 3 is 2.31 bits per heavy atom. The van der Waals surface area contributed by atoms with Crippen LogP contribution in [0, 0.1) is 0 Å². The molecule has 8 heteroatoms. The van der Waals surface area contributed by atoms with E-state index in [-0.39, 0.29) is 17.7 Å². The number of methoxy groups -OCH3 is 1. The number of hydrogen-bond acceptors (Lipinski definition) is 4. The topological polar surface area (TPSA) is 64.6 Å². The third kappa shape index (κ3) is 5.23. The SMILES string of the molecule is COc1ccc(C(=O)OCC(=O)NCc2ccccc2C(F)(F)F)cc1. The number of carbonyl (C=O) groups excluding carboxylic acids is 2. The molecule has 0 aromatic heterocycles. The highest BCUT2D eigenvalue weighted by atomic mass is 19.4. The monoisotopic (exact) mass is 367 g/mol. The first-order chi connectivity index (χ1) is 12.3. The summed E-state index contributed by atoms with van der Waals surface area (Å²) in [5.41, 5.74) is -0.675. The summed E-state index contributed by atoms with van der Waals surface area (Å²) in [6.45, 7) is -0.923. The second-order valence-electron chi connectivity index (χ2n) is 5.24. The fraction of sp³-hybridized carbons (Fsp3) is 0.222. The second kappa shape index (κ2) is 8.37. The van der Waals surface area contributed by atoms with Gasteiger partial charge in [-0.2, -0.15) is 13.2 Å². The number of nitrogens with one attached hydrogen (secondary N) is 1. The van der Waals surface area contributed by atoms with E-state index in [0.29, 0.717) is 5.75 Å². The zero-order valence-corrected chi connectivity index (χ0v) is 13.8. The van der Waals surface area contributed by atoms with Crippen LogP contribution in [-0.2, 0) is 22.3 Å². The summed E-state index contributed by atoms with van der Waals surface area (Å²) in [4.78, 5) is 23.5. The highest BCUT2D eigenvalue weighted by Gasteiger charge is 2.32. The van der Waals surface area contributed by atoms with Crippen molar-refractivity contribution in [1.29, 1.82) is 0 Å². The molecule has 0 aliphatic carbocycles. The van der Waals surface area contributed by atoms with Crippen molar-refractivity contribution in [3.63, 3.8) is 0 Å². The van der Waals surface area contributed by atoms with Crippen molar-refractivity contribution in [2.45, 2.75) is 12.7 Å².